The third-order valence-corrected chi connectivity index (χ3v) is 1.66. The molecule has 0 aliphatic carbocycles. The van der Waals surface area contributed by atoms with Crippen LogP contribution >= 0.6 is 15.9 Å². The van der Waals surface area contributed by atoms with Crippen LogP contribution in [0.4, 0.5) is 5.95 Å². The smallest absolute Gasteiger partial charge is 0.224 e. The molecule has 0 amide bonds. The molecule has 0 unspecified atom stereocenters. The molecule has 74 valence electrons. The predicted octanol–water partition coefficient (Wildman–Crippen LogP) is 0.0151. The largest absolute Gasteiger partial charge is 0.362 e. The summed E-state index contributed by atoms with van der Waals surface area (Å²) >= 11 is 3.18. The summed E-state index contributed by atoms with van der Waals surface area (Å²) in [5, 5.41) is 7.07. The number of methoxy groups -OCH3 is 1. The van der Waals surface area contributed by atoms with Gasteiger partial charge < -0.3 is 15.8 Å². The molecule has 0 fully saturated rings. The number of hydrogen-bond donors (Lipinski definition) is 2. The van der Waals surface area contributed by atoms with E-state index >= 15 is 0 Å². The lowest BCUT2D eigenvalue weighted by atomic mass is 10.6. The van der Waals surface area contributed by atoms with E-state index in [1.165, 1.54) is 0 Å². The highest BCUT2D eigenvalue weighted by Gasteiger charge is 2.05. The van der Waals surface area contributed by atoms with Crippen molar-refractivity contribution < 1.29 is 4.74 Å². The standard InChI is InChI=1S/C6H12BrN5O/c1-13-4-12-6(9-3-2-8)10-5(7)11-12/h2-4,8H2,1H3,(H,9,10,11). The topological polar surface area (TPSA) is 78.0 Å². The molecule has 0 atom stereocenters. The maximum Gasteiger partial charge on any atom is 0.224 e. The third-order valence-electron chi connectivity index (χ3n) is 1.32. The number of aromatic nitrogens is 3. The van der Waals surface area contributed by atoms with Crippen LogP contribution in [0.1, 0.15) is 0 Å². The van der Waals surface area contributed by atoms with Crippen molar-refractivity contribution in [2.45, 2.75) is 6.73 Å². The molecule has 1 heterocycles. The zero-order valence-electron chi connectivity index (χ0n) is 7.33. The first-order chi connectivity index (χ1) is 6.27. The molecule has 1 aromatic heterocycles. The average Bonchev–Trinajstić information content (AvgIpc) is 2.44. The number of anilines is 1. The molecule has 1 aromatic rings. The van der Waals surface area contributed by atoms with Crippen molar-refractivity contribution in [1.82, 2.24) is 14.8 Å². The Morgan fingerprint density at radius 1 is 1.69 bits per heavy atom. The highest BCUT2D eigenvalue weighted by atomic mass is 79.9. The summed E-state index contributed by atoms with van der Waals surface area (Å²) < 4.78 is 7.07. The number of nitrogens with zero attached hydrogens (tertiary/aromatic N) is 3. The van der Waals surface area contributed by atoms with E-state index in [1.54, 1.807) is 11.8 Å². The van der Waals surface area contributed by atoms with Gasteiger partial charge >= 0.3 is 0 Å². The fourth-order valence-corrected chi connectivity index (χ4v) is 1.20. The van der Waals surface area contributed by atoms with Gasteiger partial charge in [0.05, 0.1) is 0 Å². The number of ether oxygens (including phenoxy) is 1. The maximum atomic E-state index is 5.34. The normalized spacial score (nSPS) is 10.4. The minimum atomic E-state index is 0.367. The molecule has 0 aliphatic rings. The van der Waals surface area contributed by atoms with Gasteiger partial charge in [-0.1, -0.05) is 0 Å². The van der Waals surface area contributed by atoms with Crippen LogP contribution in [0.15, 0.2) is 4.73 Å². The molecule has 0 aliphatic heterocycles. The molecule has 0 saturated heterocycles. The van der Waals surface area contributed by atoms with Crippen molar-refractivity contribution in [3.8, 4) is 0 Å². The van der Waals surface area contributed by atoms with Gasteiger partial charge in [-0.15, -0.1) is 5.10 Å². The Balaban J connectivity index is 2.66. The fraction of sp³-hybridized carbons (Fsp3) is 0.667. The lowest BCUT2D eigenvalue weighted by molar-refractivity contribution is 0.122. The monoisotopic (exact) mass is 249 g/mol. The molecule has 0 saturated carbocycles. The SMILES string of the molecule is COCn1nc(Br)nc1NCCN. The first-order valence-corrected chi connectivity index (χ1v) is 4.60. The van der Waals surface area contributed by atoms with E-state index in [0.717, 1.165) is 0 Å². The van der Waals surface area contributed by atoms with Gasteiger partial charge in [-0.25, -0.2) is 4.68 Å². The fourth-order valence-electron chi connectivity index (χ4n) is 0.841. The average molecular weight is 250 g/mol. The molecule has 3 N–H and O–H groups in total. The molecule has 7 heteroatoms. The first-order valence-electron chi connectivity index (χ1n) is 3.81. The molecule has 13 heavy (non-hydrogen) atoms. The van der Waals surface area contributed by atoms with E-state index in [9.17, 15) is 0 Å². The summed E-state index contributed by atoms with van der Waals surface area (Å²) in [7, 11) is 1.60. The Kier molecular flexibility index (Phi) is 4.13. The van der Waals surface area contributed by atoms with Crippen molar-refractivity contribution >= 4 is 21.9 Å². The van der Waals surface area contributed by atoms with Crippen LogP contribution in [-0.4, -0.2) is 35.0 Å². The van der Waals surface area contributed by atoms with Crippen LogP contribution in [0.2, 0.25) is 0 Å². The number of rotatable bonds is 5. The van der Waals surface area contributed by atoms with Crippen LogP contribution in [0, 0.1) is 0 Å². The van der Waals surface area contributed by atoms with Gasteiger partial charge in [0.1, 0.15) is 6.73 Å². The highest BCUT2D eigenvalue weighted by molar-refractivity contribution is 9.10. The molecule has 0 spiro atoms. The van der Waals surface area contributed by atoms with Gasteiger partial charge in [-0.3, -0.25) is 0 Å². The second kappa shape index (κ2) is 5.15. The van der Waals surface area contributed by atoms with Gasteiger partial charge in [0, 0.05) is 20.2 Å². The summed E-state index contributed by atoms with van der Waals surface area (Å²) in [6.07, 6.45) is 0. The zero-order valence-corrected chi connectivity index (χ0v) is 8.91. The van der Waals surface area contributed by atoms with E-state index in [0.29, 0.717) is 30.5 Å². The summed E-state index contributed by atoms with van der Waals surface area (Å²) in [6.45, 7) is 1.58. The van der Waals surface area contributed by atoms with Gasteiger partial charge in [-0.05, 0) is 15.9 Å². The zero-order chi connectivity index (χ0) is 9.68. The van der Waals surface area contributed by atoms with Gasteiger partial charge in [-0.2, -0.15) is 4.98 Å². The first kappa shape index (κ1) is 10.4. The summed E-state index contributed by atoms with van der Waals surface area (Å²) in [5.74, 6) is 0.652. The molecular weight excluding hydrogens is 238 g/mol. The van der Waals surface area contributed by atoms with Crippen LogP contribution in [0.25, 0.3) is 0 Å². The van der Waals surface area contributed by atoms with Crippen molar-refractivity contribution in [3.63, 3.8) is 0 Å². The van der Waals surface area contributed by atoms with Crippen molar-refractivity contribution in [3.05, 3.63) is 4.73 Å². The van der Waals surface area contributed by atoms with E-state index in [-0.39, 0.29) is 0 Å². The Labute approximate surface area is 84.6 Å². The minimum Gasteiger partial charge on any atom is -0.362 e. The molecular formula is C6H12BrN5O. The van der Waals surface area contributed by atoms with Crippen LogP contribution < -0.4 is 11.1 Å². The molecule has 0 radical (unpaired) electrons. The Bertz CT molecular complexity index is 264. The minimum absolute atomic E-state index is 0.367. The lowest BCUT2D eigenvalue weighted by Crippen LogP contribution is -2.17. The maximum absolute atomic E-state index is 5.34. The Morgan fingerprint density at radius 3 is 3.08 bits per heavy atom. The number of nitrogens with two attached hydrogens (primary N) is 1. The highest BCUT2D eigenvalue weighted by Crippen LogP contribution is 2.09. The van der Waals surface area contributed by atoms with Crippen LogP contribution in [0.5, 0.6) is 0 Å². The van der Waals surface area contributed by atoms with Crippen molar-refractivity contribution in [2.75, 3.05) is 25.5 Å². The Hall–Kier alpha value is -0.660. The number of nitrogens with one attached hydrogen (secondary N) is 1. The van der Waals surface area contributed by atoms with Crippen LogP contribution in [0.3, 0.4) is 0 Å². The van der Waals surface area contributed by atoms with Crippen molar-refractivity contribution in [1.29, 1.82) is 0 Å². The van der Waals surface area contributed by atoms with E-state index in [1.807, 2.05) is 0 Å². The van der Waals surface area contributed by atoms with E-state index in [2.05, 4.69) is 31.3 Å². The van der Waals surface area contributed by atoms with E-state index in [4.69, 9.17) is 10.5 Å². The molecule has 0 bridgehead atoms. The quantitative estimate of drug-likeness (QED) is 0.770. The van der Waals surface area contributed by atoms with Crippen molar-refractivity contribution in [2.24, 2.45) is 5.73 Å². The van der Waals surface area contributed by atoms with Gasteiger partial charge in [0.2, 0.25) is 10.7 Å². The predicted molar refractivity (Wildman–Crippen MR) is 52.3 cm³/mol. The molecule has 1 rings (SSSR count). The summed E-state index contributed by atoms with van der Waals surface area (Å²) in [4.78, 5) is 4.09. The lowest BCUT2D eigenvalue weighted by Gasteiger charge is -2.04. The summed E-state index contributed by atoms with van der Waals surface area (Å²) in [6, 6.07) is 0. The number of hydrogen-bond acceptors (Lipinski definition) is 5. The Morgan fingerprint density at radius 2 is 2.46 bits per heavy atom. The van der Waals surface area contributed by atoms with Crippen LogP contribution in [-0.2, 0) is 11.5 Å². The summed E-state index contributed by atoms with van der Waals surface area (Å²) in [5.41, 5.74) is 5.34. The second-order valence-electron chi connectivity index (χ2n) is 2.34. The number of halogens is 1. The molecule has 6 nitrogen and oxygen atoms in total. The third kappa shape index (κ3) is 2.94. The second-order valence-corrected chi connectivity index (χ2v) is 3.05. The van der Waals surface area contributed by atoms with Gasteiger partial charge in [0.15, 0.2) is 0 Å². The van der Waals surface area contributed by atoms with Gasteiger partial charge in [0.25, 0.3) is 0 Å². The van der Waals surface area contributed by atoms with E-state index < -0.39 is 0 Å². The molecule has 0 aromatic carbocycles.